The van der Waals surface area contributed by atoms with Crippen LogP contribution in [0.15, 0.2) is 41.1 Å². The topological polar surface area (TPSA) is 12.4 Å². The molecule has 1 nitrogen and oxygen atoms in total. The Hall–Kier alpha value is -1.11. The van der Waals surface area contributed by atoms with Crippen molar-refractivity contribution in [1.29, 1.82) is 0 Å². The molecule has 0 bridgehead atoms. The molecule has 3 rings (SSSR count). The van der Waals surface area contributed by atoms with Gasteiger partial charge in [-0.3, -0.25) is 4.99 Å². The van der Waals surface area contributed by atoms with E-state index in [-0.39, 0.29) is 5.41 Å². The van der Waals surface area contributed by atoms with Crippen LogP contribution in [0.4, 0.5) is 0 Å². The molecule has 0 fully saturated rings. The summed E-state index contributed by atoms with van der Waals surface area (Å²) in [6, 6.07) is 0. The third-order valence-corrected chi connectivity index (χ3v) is 3.72. The monoisotopic (exact) mass is 171 g/mol. The fourth-order valence-corrected chi connectivity index (χ4v) is 2.70. The zero-order chi connectivity index (χ0) is 8.89. The smallest absolute Gasteiger partial charge is 0.0474 e. The van der Waals surface area contributed by atoms with Crippen molar-refractivity contribution in [3.05, 3.63) is 36.1 Å². The molecule has 1 heteroatoms. The molecule has 0 aromatic heterocycles. The van der Waals surface area contributed by atoms with Crippen molar-refractivity contribution in [2.45, 2.75) is 13.3 Å². The number of allylic oxidation sites excluding steroid dienone is 6. The molecule has 1 aliphatic heterocycles. The summed E-state index contributed by atoms with van der Waals surface area (Å²) in [5.74, 6) is 1.20. The lowest BCUT2D eigenvalue weighted by molar-refractivity contribution is 0.291. The summed E-state index contributed by atoms with van der Waals surface area (Å²) in [6.07, 6.45) is 14.5. The molecule has 13 heavy (non-hydrogen) atoms. The summed E-state index contributed by atoms with van der Waals surface area (Å²) in [6.45, 7) is 2.34. The quantitative estimate of drug-likeness (QED) is 0.497. The summed E-state index contributed by atoms with van der Waals surface area (Å²) >= 11 is 0. The van der Waals surface area contributed by atoms with Gasteiger partial charge in [-0.15, -0.1) is 0 Å². The first-order valence-electron chi connectivity index (χ1n) is 4.91. The van der Waals surface area contributed by atoms with Crippen LogP contribution in [-0.2, 0) is 0 Å². The lowest BCUT2D eigenvalue weighted by Crippen LogP contribution is -2.27. The van der Waals surface area contributed by atoms with E-state index >= 15 is 0 Å². The maximum Gasteiger partial charge on any atom is 0.0474 e. The van der Waals surface area contributed by atoms with E-state index in [1.807, 2.05) is 0 Å². The zero-order valence-electron chi connectivity index (χ0n) is 7.77. The van der Waals surface area contributed by atoms with Gasteiger partial charge in [-0.2, -0.15) is 0 Å². The molecule has 0 N–H and O–H groups in total. The highest BCUT2D eigenvalue weighted by molar-refractivity contribution is 5.73. The predicted molar refractivity (Wildman–Crippen MR) is 54.6 cm³/mol. The molecule has 2 aliphatic carbocycles. The summed E-state index contributed by atoms with van der Waals surface area (Å²) in [7, 11) is 0. The second-order valence-electron chi connectivity index (χ2n) is 4.29. The summed E-state index contributed by atoms with van der Waals surface area (Å²) in [5, 5.41) is 0. The van der Waals surface area contributed by atoms with Gasteiger partial charge >= 0.3 is 0 Å². The molecule has 3 atom stereocenters. The van der Waals surface area contributed by atoms with Crippen LogP contribution in [0, 0.1) is 17.3 Å². The van der Waals surface area contributed by atoms with Crippen molar-refractivity contribution in [3.8, 4) is 0 Å². The lowest BCUT2D eigenvalue weighted by atomic mass is 9.72. The van der Waals surface area contributed by atoms with E-state index in [9.17, 15) is 0 Å². The van der Waals surface area contributed by atoms with Gasteiger partial charge in [0.15, 0.2) is 0 Å². The van der Waals surface area contributed by atoms with E-state index in [1.165, 1.54) is 5.70 Å². The highest BCUT2D eigenvalue weighted by Gasteiger charge is 2.48. The van der Waals surface area contributed by atoms with Crippen molar-refractivity contribution >= 4 is 6.21 Å². The minimum Gasteiger partial charge on any atom is -0.264 e. The van der Waals surface area contributed by atoms with Crippen LogP contribution < -0.4 is 0 Å². The van der Waals surface area contributed by atoms with Gasteiger partial charge in [-0.25, -0.2) is 0 Å². The molecule has 0 saturated carbocycles. The van der Waals surface area contributed by atoms with E-state index in [0.29, 0.717) is 11.8 Å². The van der Waals surface area contributed by atoms with Crippen molar-refractivity contribution in [2.24, 2.45) is 22.2 Å². The Balaban J connectivity index is 2.18. The Labute approximate surface area is 78.6 Å². The van der Waals surface area contributed by atoms with Gasteiger partial charge < -0.3 is 0 Å². The maximum absolute atomic E-state index is 4.51. The molecule has 0 saturated heterocycles. The number of nitrogens with zero attached hydrogens (tertiary/aromatic N) is 1. The Morgan fingerprint density at radius 3 is 3.31 bits per heavy atom. The van der Waals surface area contributed by atoms with Gasteiger partial charge in [-0.1, -0.05) is 31.2 Å². The van der Waals surface area contributed by atoms with E-state index in [4.69, 9.17) is 0 Å². The molecule has 3 unspecified atom stereocenters. The van der Waals surface area contributed by atoms with Crippen LogP contribution in [-0.4, -0.2) is 6.21 Å². The van der Waals surface area contributed by atoms with E-state index < -0.39 is 0 Å². The van der Waals surface area contributed by atoms with Crippen LogP contribution >= 0.6 is 0 Å². The maximum atomic E-state index is 4.51. The fraction of sp³-hybridized carbons (Fsp3) is 0.417. The lowest BCUT2D eigenvalue weighted by Gasteiger charge is -2.30. The Morgan fingerprint density at radius 1 is 1.46 bits per heavy atom. The first kappa shape index (κ1) is 7.31. The molecule has 0 radical (unpaired) electrons. The third-order valence-electron chi connectivity index (χ3n) is 3.72. The highest BCUT2D eigenvalue weighted by atomic mass is 14.8. The number of hydrogen-bond acceptors (Lipinski definition) is 1. The average Bonchev–Trinajstić information content (AvgIpc) is 2.54. The number of aliphatic imine (C=N–C) groups is 1. The van der Waals surface area contributed by atoms with Crippen LogP contribution in [0.25, 0.3) is 0 Å². The first-order valence-corrected chi connectivity index (χ1v) is 4.91. The van der Waals surface area contributed by atoms with Gasteiger partial charge in [0.1, 0.15) is 0 Å². The Kier molecular flexibility index (Phi) is 1.25. The first-order chi connectivity index (χ1) is 6.32. The number of rotatable bonds is 0. The van der Waals surface area contributed by atoms with Gasteiger partial charge in [0.25, 0.3) is 0 Å². The normalized spacial score (nSPS) is 44.8. The van der Waals surface area contributed by atoms with Crippen molar-refractivity contribution in [3.63, 3.8) is 0 Å². The standard InChI is InChI=1S/C12H13N/c1-12-9-4-2-3-5-11(12)13-8-10(12)7-6-9/h2-3,5-10H,4H2,1H3. The minimum absolute atomic E-state index is 0.267. The Bertz CT molecular complexity index is 359. The molecule has 0 aromatic rings. The van der Waals surface area contributed by atoms with Gasteiger partial charge in [-0.05, 0) is 18.4 Å². The second kappa shape index (κ2) is 2.22. The van der Waals surface area contributed by atoms with E-state index in [2.05, 4.69) is 48.5 Å². The largest absolute Gasteiger partial charge is 0.264 e. The molecule has 3 aliphatic rings. The summed E-state index contributed by atoms with van der Waals surface area (Å²) in [4.78, 5) is 4.51. The van der Waals surface area contributed by atoms with Gasteiger partial charge in [0, 0.05) is 23.2 Å². The molecule has 0 amide bonds. The molecule has 1 heterocycles. The predicted octanol–water partition coefficient (Wildman–Crippen LogP) is 2.72. The third kappa shape index (κ3) is 0.749. The fourth-order valence-electron chi connectivity index (χ4n) is 2.70. The van der Waals surface area contributed by atoms with Crippen LogP contribution in [0.5, 0.6) is 0 Å². The van der Waals surface area contributed by atoms with Crippen molar-refractivity contribution in [2.75, 3.05) is 0 Å². The average molecular weight is 171 g/mol. The second-order valence-corrected chi connectivity index (χ2v) is 4.29. The summed E-state index contributed by atoms with van der Waals surface area (Å²) < 4.78 is 0. The SMILES string of the molecule is CC12C3=CC=CCC1C=CC2C=N3. The molecule has 0 aromatic carbocycles. The van der Waals surface area contributed by atoms with Crippen LogP contribution in [0.1, 0.15) is 13.3 Å². The molecular formula is C12H13N. The zero-order valence-corrected chi connectivity index (χ0v) is 7.77. The van der Waals surface area contributed by atoms with Crippen LogP contribution in [0.2, 0.25) is 0 Å². The number of hydrogen-bond donors (Lipinski definition) is 0. The van der Waals surface area contributed by atoms with Crippen molar-refractivity contribution in [1.82, 2.24) is 0 Å². The summed E-state index contributed by atoms with van der Waals surface area (Å²) in [5.41, 5.74) is 1.53. The van der Waals surface area contributed by atoms with Crippen LogP contribution in [0.3, 0.4) is 0 Å². The molecule has 66 valence electrons. The highest BCUT2D eigenvalue weighted by Crippen LogP contribution is 2.53. The van der Waals surface area contributed by atoms with Crippen molar-refractivity contribution < 1.29 is 0 Å². The Morgan fingerprint density at radius 2 is 2.38 bits per heavy atom. The molecule has 0 spiro atoms. The van der Waals surface area contributed by atoms with E-state index in [0.717, 1.165) is 6.42 Å². The minimum atomic E-state index is 0.267. The van der Waals surface area contributed by atoms with Gasteiger partial charge in [0.2, 0.25) is 0 Å². The van der Waals surface area contributed by atoms with Gasteiger partial charge in [0.05, 0.1) is 0 Å². The van der Waals surface area contributed by atoms with E-state index in [1.54, 1.807) is 0 Å². The molecular weight excluding hydrogens is 158 g/mol.